The number of hydrogen-bond acceptors (Lipinski definition) is 5. The molecule has 0 bridgehead atoms. The van der Waals surface area contributed by atoms with Crippen LogP contribution in [0.25, 0.3) is 0 Å². The zero-order valence-electron chi connectivity index (χ0n) is 8.70. The van der Waals surface area contributed by atoms with E-state index in [9.17, 15) is 13.9 Å². The molecule has 0 aromatic carbocycles. The molecule has 90 valence electrons. The van der Waals surface area contributed by atoms with Gasteiger partial charge in [-0.25, -0.2) is 13.8 Å². The Hall–Kier alpha value is -1.47. The third-order valence-electron chi connectivity index (χ3n) is 1.82. The smallest absolute Gasteiger partial charge is 0.168 e. The van der Waals surface area contributed by atoms with E-state index in [4.69, 9.17) is 5.73 Å². The van der Waals surface area contributed by atoms with Crippen LogP contribution in [0, 0.1) is 11.6 Å². The summed E-state index contributed by atoms with van der Waals surface area (Å²) >= 11 is 0. The van der Waals surface area contributed by atoms with Gasteiger partial charge in [0.1, 0.15) is 0 Å². The molecule has 0 aliphatic carbocycles. The van der Waals surface area contributed by atoms with E-state index in [0.29, 0.717) is 6.07 Å². The second kappa shape index (κ2) is 5.57. The average molecular weight is 233 g/mol. The standard InChI is InChI=1S/C9H13F2N3O2/c1-16-4-5(15)3-13-9-7(11)2-6(10)8(12)14-9/h2,5,15H,3-4H2,1H3,(H3,12,13,14). The molecule has 1 aromatic heterocycles. The zero-order chi connectivity index (χ0) is 12.1. The van der Waals surface area contributed by atoms with Gasteiger partial charge in [-0.2, -0.15) is 0 Å². The van der Waals surface area contributed by atoms with Gasteiger partial charge in [0.2, 0.25) is 0 Å². The summed E-state index contributed by atoms with van der Waals surface area (Å²) in [5, 5.41) is 11.8. The molecule has 0 fully saturated rings. The van der Waals surface area contributed by atoms with E-state index in [1.165, 1.54) is 7.11 Å². The first kappa shape index (κ1) is 12.6. The summed E-state index contributed by atoms with van der Waals surface area (Å²) in [5.74, 6) is -2.38. The molecule has 0 aliphatic rings. The number of aromatic nitrogens is 1. The summed E-state index contributed by atoms with van der Waals surface area (Å²) in [6.45, 7) is 0.133. The molecule has 0 radical (unpaired) electrons. The number of methoxy groups -OCH3 is 1. The van der Waals surface area contributed by atoms with Crippen molar-refractivity contribution in [2.75, 3.05) is 31.3 Å². The van der Waals surface area contributed by atoms with E-state index in [-0.39, 0.29) is 19.0 Å². The summed E-state index contributed by atoms with van der Waals surface area (Å²) in [6, 6.07) is 0.632. The third-order valence-corrected chi connectivity index (χ3v) is 1.82. The molecule has 1 heterocycles. The SMILES string of the molecule is COCC(O)CNc1nc(N)c(F)cc1F. The Labute approximate surface area is 91.2 Å². The van der Waals surface area contributed by atoms with Gasteiger partial charge in [-0.05, 0) is 0 Å². The van der Waals surface area contributed by atoms with Crippen molar-refractivity contribution in [2.45, 2.75) is 6.10 Å². The molecule has 0 saturated heterocycles. The van der Waals surface area contributed by atoms with E-state index in [2.05, 4.69) is 15.0 Å². The number of rotatable bonds is 5. The van der Waals surface area contributed by atoms with Crippen LogP contribution in [-0.2, 0) is 4.74 Å². The number of pyridine rings is 1. The Morgan fingerprint density at radius 2 is 2.25 bits per heavy atom. The highest BCUT2D eigenvalue weighted by Crippen LogP contribution is 2.16. The van der Waals surface area contributed by atoms with E-state index in [1.54, 1.807) is 0 Å². The van der Waals surface area contributed by atoms with Crippen LogP contribution >= 0.6 is 0 Å². The summed E-state index contributed by atoms with van der Waals surface area (Å²) in [4.78, 5) is 3.47. The number of nitrogen functional groups attached to an aromatic ring is 1. The van der Waals surface area contributed by atoms with Crippen molar-refractivity contribution in [2.24, 2.45) is 0 Å². The van der Waals surface area contributed by atoms with E-state index < -0.39 is 23.6 Å². The number of aliphatic hydroxyl groups excluding tert-OH is 1. The number of anilines is 2. The van der Waals surface area contributed by atoms with Crippen molar-refractivity contribution < 1.29 is 18.6 Å². The highest BCUT2D eigenvalue weighted by atomic mass is 19.1. The van der Waals surface area contributed by atoms with Gasteiger partial charge in [-0.1, -0.05) is 0 Å². The molecule has 0 aliphatic heterocycles. The summed E-state index contributed by atoms with van der Waals surface area (Å²) < 4.78 is 30.6. The molecule has 1 rings (SSSR count). The van der Waals surface area contributed by atoms with Crippen LogP contribution in [0.15, 0.2) is 6.07 Å². The van der Waals surface area contributed by atoms with Crippen molar-refractivity contribution in [3.63, 3.8) is 0 Å². The van der Waals surface area contributed by atoms with Crippen LogP contribution in [0.5, 0.6) is 0 Å². The number of aliphatic hydroxyl groups is 1. The van der Waals surface area contributed by atoms with Crippen LogP contribution in [0.1, 0.15) is 0 Å². The highest BCUT2D eigenvalue weighted by Gasteiger charge is 2.11. The van der Waals surface area contributed by atoms with Gasteiger partial charge in [-0.15, -0.1) is 0 Å². The van der Waals surface area contributed by atoms with Crippen molar-refractivity contribution in [3.05, 3.63) is 17.7 Å². The number of nitrogens with one attached hydrogen (secondary N) is 1. The fraction of sp³-hybridized carbons (Fsp3) is 0.444. The first-order valence-corrected chi connectivity index (χ1v) is 4.57. The van der Waals surface area contributed by atoms with Gasteiger partial charge in [0.15, 0.2) is 23.3 Å². The minimum absolute atomic E-state index is 0.0306. The first-order chi connectivity index (χ1) is 7.54. The molecule has 7 heteroatoms. The molecule has 1 atom stereocenters. The average Bonchev–Trinajstić information content (AvgIpc) is 2.22. The third kappa shape index (κ3) is 3.28. The minimum Gasteiger partial charge on any atom is -0.389 e. The van der Waals surface area contributed by atoms with Crippen LogP contribution in [0.3, 0.4) is 0 Å². The second-order valence-electron chi connectivity index (χ2n) is 3.18. The summed E-state index contributed by atoms with van der Waals surface area (Å²) in [5.41, 5.74) is 5.17. The molecular formula is C9H13F2N3O2. The maximum absolute atomic E-state index is 13.1. The molecule has 0 spiro atoms. The fourth-order valence-electron chi connectivity index (χ4n) is 1.07. The number of nitrogens with zero attached hydrogens (tertiary/aromatic N) is 1. The van der Waals surface area contributed by atoms with Crippen LogP contribution in [0.2, 0.25) is 0 Å². The fourth-order valence-corrected chi connectivity index (χ4v) is 1.07. The lowest BCUT2D eigenvalue weighted by Crippen LogP contribution is -2.25. The lowest BCUT2D eigenvalue weighted by Gasteiger charge is -2.12. The maximum atomic E-state index is 13.1. The number of ether oxygens (including phenoxy) is 1. The Kier molecular flexibility index (Phi) is 4.39. The molecule has 0 amide bonds. The van der Waals surface area contributed by atoms with Crippen LogP contribution in [0.4, 0.5) is 20.4 Å². The van der Waals surface area contributed by atoms with Crippen LogP contribution in [-0.4, -0.2) is 36.5 Å². The Morgan fingerprint density at radius 3 is 2.88 bits per heavy atom. The topological polar surface area (TPSA) is 80.4 Å². The Bertz CT molecular complexity index is 363. The lowest BCUT2D eigenvalue weighted by atomic mass is 10.3. The molecule has 0 saturated carbocycles. The van der Waals surface area contributed by atoms with E-state index >= 15 is 0 Å². The highest BCUT2D eigenvalue weighted by molar-refractivity contribution is 5.44. The van der Waals surface area contributed by atoms with Gasteiger partial charge in [-0.3, -0.25) is 0 Å². The molecule has 4 N–H and O–H groups in total. The quantitative estimate of drug-likeness (QED) is 0.684. The van der Waals surface area contributed by atoms with Crippen LogP contribution < -0.4 is 11.1 Å². The van der Waals surface area contributed by atoms with Crippen molar-refractivity contribution in [1.82, 2.24) is 4.98 Å². The van der Waals surface area contributed by atoms with Crippen molar-refractivity contribution >= 4 is 11.6 Å². The Balaban J connectivity index is 2.63. The largest absolute Gasteiger partial charge is 0.389 e. The first-order valence-electron chi connectivity index (χ1n) is 4.57. The van der Waals surface area contributed by atoms with E-state index in [0.717, 1.165) is 0 Å². The molecule has 16 heavy (non-hydrogen) atoms. The lowest BCUT2D eigenvalue weighted by molar-refractivity contribution is 0.0727. The summed E-state index contributed by atoms with van der Waals surface area (Å²) in [6.07, 6.45) is -0.808. The maximum Gasteiger partial charge on any atom is 0.168 e. The Morgan fingerprint density at radius 1 is 1.56 bits per heavy atom. The van der Waals surface area contributed by atoms with Gasteiger partial charge >= 0.3 is 0 Å². The van der Waals surface area contributed by atoms with Gasteiger partial charge in [0, 0.05) is 19.7 Å². The van der Waals surface area contributed by atoms with Gasteiger partial charge in [0.25, 0.3) is 0 Å². The zero-order valence-corrected chi connectivity index (χ0v) is 8.70. The molecule has 1 unspecified atom stereocenters. The van der Waals surface area contributed by atoms with Crippen molar-refractivity contribution in [1.29, 1.82) is 0 Å². The minimum atomic E-state index is -0.916. The molecule has 5 nitrogen and oxygen atoms in total. The van der Waals surface area contributed by atoms with Crippen molar-refractivity contribution in [3.8, 4) is 0 Å². The predicted octanol–water partition coefficient (Wildman–Crippen LogP) is 0.361. The number of hydrogen-bond donors (Lipinski definition) is 3. The predicted molar refractivity (Wildman–Crippen MR) is 54.9 cm³/mol. The molecular weight excluding hydrogens is 220 g/mol. The van der Waals surface area contributed by atoms with Gasteiger partial charge in [0.05, 0.1) is 12.7 Å². The normalized spacial score (nSPS) is 12.5. The number of halogens is 2. The number of nitrogens with two attached hydrogens (primary N) is 1. The van der Waals surface area contributed by atoms with E-state index in [1.807, 2.05) is 0 Å². The molecule has 1 aromatic rings. The second-order valence-corrected chi connectivity index (χ2v) is 3.18. The monoisotopic (exact) mass is 233 g/mol. The van der Waals surface area contributed by atoms with Gasteiger partial charge < -0.3 is 20.9 Å². The summed E-state index contributed by atoms with van der Waals surface area (Å²) in [7, 11) is 1.43.